The van der Waals surface area contributed by atoms with E-state index in [0.29, 0.717) is 38.7 Å². The summed E-state index contributed by atoms with van der Waals surface area (Å²) in [6.07, 6.45) is 7.00. The van der Waals surface area contributed by atoms with Crippen LogP contribution in [0.2, 0.25) is 0 Å². The van der Waals surface area contributed by atoms with E-state index in [2.05, 4.69) is 15.1 Å². The fraction of sp³-hybridized carbons (Fsp3) is 0.550. The quantitative estimate of drug-likeness (QED) is 0.761. The third-order valence-electron chi connectivity index (χ3n) is 5.82. The van der Waals surface area contributed by atoms with E-state index in [0.717, 1.165) is 36.2 Å². The van der Waals surface area contributed by atoms with Crippen LogP contribution in [0.25, 0.3) is 0 Å². The minimum absolute atomic E-state index is 0.0110. The van der Waals surface area contributed by atoms with Crippen LogP contribution >= 0.6 is 0 Å². The van der Waals surface area contributed by atoms with Crippen LogP contribution in [0.5, 0.6) is 5.88 Å². The van der Waals surface area contributed by atoms with Crippen molar-refractivity contribution in [2.75, 3.05) is 19.6 Å². The van der Waals surface area contributed by atoms with E-state index in [1.54, 1.807) is 25.5 Å². The van der Waals surface area contributed by atoms with Gasteiger partial charge in [0.15, 0.2) is 0 Å². The molecular formula is C20H26N6O3. The lowest BCUT2D eigenvalue weighted by Gasteiger charge is -2.35. The topological polar surface area (TPSA) is 93.5 Å². The summed E-state index contributed by atoms with van der Waals surface area (Å²) in [6.45, 7) is 4.45. The molecule has 0 unspecified atom stereocenters. The Hall–Kier alpha value is -2.97. The van der Waals surface area contributed by atoms with Crippen molar-refractivity contribution in [3.05, 3.63) is 35.5 Å². The molecule has 154 valence electrons. The van der Waals surface area contributed by atoms with Gasteiger partial charge in [-0.25, -0.2) is 4.98 Å². The van der Waals surface area contributed by atoms with Gasteiger partial charge in [-0.05, 0) is 12.8 Å². The lowest BCUT2D eigenvalue weighted by atomic mass is 9.94. The Balaban J connectivity index is 1.42. The standard InChI is InChI=1S/C20H26N6O3/c1-14(27)25-8-3-15(4-9-25)20(28)26-10-5-18-16(12-26)17(23-24(18)2)13-29-19-11-21-6-7-22-19/h6-7,11,15H,3-5,8-10,12-13H2,1-2H3. The van der Waals surface area contributed by atoms with Crippen molar-refractivity contribution in [3.8, 4) is 5.88 Å². The zero-order valence-electron chi connectivity index (χ0n) is 16.9. The molecule has 4 rings (SSSR count). The molecule has 29 heavy (non-hydrogen) atoms. The van der Waals surface area contributed by atoms with Crippen LogP contribution in [-0.4, -0.2) is 61.0 Å². The summed E-state index contributed by atoms with van der Waals surface area (Å²) < 4.78 is 7.61. The number of nitrogens with zero attached hydrogens (tertiary/aromatic N) is 6. The summed E-state index contributed by atoms with van der Waals surface area (Å²) in [5.41, 5.74) is 3.05. The minimum Gasteiger partial charge on any atom is -0.470 e. The molecule has 0 bridgehead atoms. The first-order valence-electron chi connectivity index (χ1n) is 9.99. The number of hydrogen-bond donors (Lipinski definition) is 0. The lowest BCUT2D eigenvalue weighted by molar-refractivity contribution is -0.140. The summed E-state index contributed by atoms with van der Waals surface area (Å²) in [5.74, 6) is 0.709. The van der Waals surface area contributed by atoms with Gasteiger partial charge in [0, 0.05) is 76.1 Å². The van der Waals surface area contributed by atoms with Gasteiger partial charge in [0.2, 0.25) is 17.7 Å². The Morgan fingerprint density at radius 3 is 2.66 bits per heavy atom. The first kappa shape index (κ1) is 19.4. The van der Waals surface area contributed by atoms with Gasteiger partial charge in [0.05, 0.1) is 6.20 Å². The van der Waals surface area contributed by atoms with Crippen LogP contribution in [0, 0.1) is 5.92 Å². The molecule has 0 N–H and O–H groups in total. The number of aryl methyl sites for hydroxylation is 1. The van der Waals surface area contributed by atoms with Crippen molar-refractivity contribution >= 4 is 11.8 Å². The highest BCUT2D eigenvalue weighted by atomic mass is 16.5. The van der Waals surface area contributed by atoms with E-state index in [1.807, 2.05) is 21.5 Å². The molecule has 0 aromatic carbocycles. The molecule has 1 fully saturated rings. The predicted molar refractivity (Wildman–Crippen MR) is 104 cm³/mol. The van der Waals surface area contributed by atoms with Gasteiger partial charge in [0.1, 0.15) is 12.3 Å². The second-order valence-corrected chi connectivity index (χ2v) is 7.62. The summed E-state index contributed by atoms with van der Waals surface area (Å²) >= 11 is 0. The number of carbonyl (C=O) groups excluding carboxylic acids is 2. The van der Waals surface area contributed by atoms with Gasteiger partial charge < -0.3 is 14.5 Å². The molecule has 2 aliphatic rings. The molecule has 2 amide bonds. The normalized spacial score (nSPS) is 17.2. The van der Waals surface area contributed by atoms with Gasteiger partial charge in [-0.1, -0.05) is 0 Å². The zero-order chi connectivity index (χ0) is 20.4. The number of aromatic nitrogens is 4. The molecule has 2 aromatic rings. The summed E-state index contributed by atoms with van der Waals surface area (Å²) in [6, 6.07) is 0. The second kappa shape index (κ2) is 8.18. The predicted octanol–water partition coefficient (Wildman–Crippen LogP) is 0.932. The average molecular weight is 398 g/mol. The van der Waals surface area contributed by atoms with Crippen LogP contribution in [0.15, 0.2) is 18.6 Å². The van der Waals surface area contributed by atoms with Gasteiger partial charge in [-0.2, -0.15) is 5.10 Å². The van der Waals surface area contributed by atoms with E-state index in [1.165, 1.54) is 0 Å². The largest absolute Gasteiger partial charge is 0.470 e. The Kier molecular flexibility index (Phi) is 5.46. The van der Waals surface area contributed by atoms with E-state index >= 15 is 0 Å². The van der Waals surface area contributed by atoms with Crippen LogP contribution in [0.4, 0.5) is 0 Å². The molecule has 0 radical (unpaired) electrons. The van der Waals surface area contributed by atoms with Gasteiger partial charge in [0.25, 0.3) is 0 Å². The third-order valence-corrected chi connectivity index (χ3v) is 5.82. The molecule has 1 saturated heterocycles. The number of hydrogen-bond acceptors (Lipinski definition) is 6. The number of fused-ring (bicyclic) bond motifs is 1. The molecule has 9 heteroatoms. The van der Waals surface area contributed by atoms with Crippen molar-refractivity contribution in [2.45, 2.75) is 39.3 Å². The number of likely N-dealkylation sites (tertiary alicyclic amines) is 1. The van der Waals surface area contributed by atoms with E-state index in [9.17, 15) is 9.59 Å². The van der Waals surface area contributed by atoms with Crippen molar-refractivity contribution in [1.82, 2.24) is 29.5 Å². The highest BCUT2D eigenvalue weighted by Gasteiger charge is 2.33. The monoisotopic (exact) mass is 398 g/mol. The fourth-order valence-electron chi connectivity index (χ4n) is 4.18. The lowest BCUT2D eigenvalue weighted by Crippen LogP contribution is -2.45. The number of rotatable bonds is 4. The van der Waals surface area contributed by atoms with Crippen molar-refractivity contribution in [3.63, 3.8) is 0 Å². The molecule has 2 aliphatic heterocycles. The second-order valence-electron chi connectivity index (χ2n) is 7.62. The van der Waals surface area contributed by atoms with Crippen LogP contribution in [-0.2, 0) is 36.2 Å². The SMILES string of the molecule is CC(=O)N1CCC(C(=O)N2CCc3c(c(COc4cnccn4)nn3C)C2)CC1. The Labute approximate surface area is 169 Å². The molecule has 0 saturated carbocycles. The van der Waals surface area contributed by atoms with Crippen molar-refractivity contribution in [1.29, 1.82) is 0 Å². The first-order chi connectivity index (χ1) is 14.0. The van der Waals surface area contributed by atoms with Crippen LogP contribution < -0.4 is 4.74 Å². The molecule has 0 aliphatic carbocycles. The summed E-state index contributed by atoms with van der Waals surface area (Å²) in [4.78, 5) is 36.5. The van der Waals surface area contributed by atoms with Crippen LogP contribution in [0.3, 0.4) is 0 Å². The highest BCUT2D eigenvalue weighted by Crippen LogP contribution is 2.27. The summed E-state index contributed by atoms with van der Waals surface area (Å²) in [7, 11) is 1.93. The fourth-order valence-corrected chi connectivity index (χ4v) is 4.18. The molecule has 0 spiro atoms. The van der Waals surface area contributed by atoms with Crippen molar-refractivity contribution in [2.24, 2.45) is 13.0 Å². The third kappa shape index (κ3) is 4.08. The number of ether oxygens (including phenoxy) is 1. The van der Waals surface area contributed by atoms with Crippen molar-refractivity contribution < 1.29 is 14.3 Å². The smallest absolute Gasteiger partial charge is 0.232 e. The maximum atomic E-state index is 13.1. The number of amides is 2. The van der Waals surface area contributed by atoms with Gasteiger partial charge in [-0.15, -0.1) is 0 Å². The van der Waals surface area contributed by atoms with E-state index in [4.69, 9.17) is 4.74 Å². The molecule has 9 nitrogen and oxygen atoms in total. The Morgan fingerprint density at radius 2 is 1.97 bits per heavy atom. The Bertz CT molecular complexity index is 889. The molecule has 2 aromatic heterocycles. The minimum atomic E-state index is -0.0110. The number of piperidine rings is 1. The first-order valence-corrected chi connectivity index (χ1v) is 9.99. The van der Waals surface area contributed by atoms with Crippen LogP contribution in [0.1, 0.15) is 36.7 Å². The molecular weight excluding hydrogens is 372 g/mol. The van der Waals surface area contributed by atoms with E-state index < -0.39 is 0 Å². The van der Waals surface area contributed by atoms with Gasteiger partial charge >= 0.3 is 0 Å². The van der Waals surface area contributed by atoms with Gasteiger partial charge in [-0.3, -0.25) is 19.3 Å². The zero-order valence-corrected chi connectivity index (χ0v) is 16.9. The maximum Gasteiger partial charge on any atom is 0.232 e. The number of carbonyl (C=O) groups is 2. The molecule has 4 heterocycles. The van der Waals surface area contributed by atoms with E-state index in [-0.39, 0.29) is 17.7 Å². The molecule has 0 atom stereocenters. The Morgan fingerprint density at radius 1 is 1.17 bits per heavy atom. The summed E-state index contributed by atoms with van der Waals surface area (Å²) in [5, 5.41) is 4.60. The highest BCUT2D eigenvalue weighted by molar-refractivity contribution is 5.80. The average Bonchev–Trinajstić information content (AvgIpc) is 3.07. The maximum absolute atomic E-state index is 13.1.